The van der Waals surface area contributed by atoms with Crippen LogP contribution in [0, 0.1) is 0 Å². The van der Waals surface area contributed by atoms with Crippen LogP contribution in [-0.2, 0) is 4.79 Å². The third kappa shape index (κ3) is 6.23. The quantitative estimate of drug-likeness (QED) is 0.408. The zero-order chi connectivity index (χ0) is 10.1. The molecule has 0 heterocycles. The van der Waals surface area contributed by atoms with E-state index >= 15 is 0 Å². The smallest absolute Gasteiger partial charge is 0.246 e. The Morgan fingerprint density at radius 2 is 2.38 bits per heavy atom. The van der Waals surface area contributed by atoms with Gasteiger partial charge in [-0.2, -0.15) is 0 Å². The molecule has 0 saturated heterocycles. The van der Waals surface area contributed by atoms with Crippen LogP contribution >= 0.6 is 8.35 Å². The molecule has 0 aliphatic rings. The molecule has 0 aromatic heterocycles. The third-order valence-electron chi connectivity index (χ3n) is 1.37. The van der Waals surface area contributed by atoms with Crippen LogP contribution in [0.3, 0.4) is 0 Å². The monoisotopic (exact) mass is 198 g/mol. The summed E-state index contributed by atoms with van der Waals surface area (Å²) in [6.45, 7) is 7.85. The molecule has 72 valence electrons. The van der Waals surface area contributed by atoms with Crippen LogP contribution in [0.2, 0.25) is 0 Å². The maximum Gasteiger partial charge on any atom is 0.246 e. The Morgan fingerprint density at radius 3 is 2.92 bits per heavy atom. The van der Waals surface area contributed by atoms with Crippen molar-refractivity contribution in [2.75, 3.05) is 6.54 Å². The van der Waals surface area contributed by atoms with E-state index in [-0.39, 0.29) is 5.91 Å². The summed E-state index contributed by atoms with van der Waals surface area (Å²) in [5.74, 6) is 1.77. The van der Waals surface area contributed by atoms with E-state index in [9.17, 15) is 4.79 Å². The predicted molar refractivity (Wildman–Crippen MR) is 59.6 cm³/mol. The number of carbonyl (C=O) groups is 1. The number of allylic oxidation sites excluding steroid dienone is 1. The maximum atomic E-state index is 11.2. The minimum Gasteiger partial charge on any atom is -0.352 e. The maximum absolute atomic E-state index is 11.2. The highest BCUT2D eigenvalue weighted by molar-refractivity contribution is 7.37. The Balaban J connectivity index is 4.00. The number of nitrogens with zero attached hydrogens (tertiary/aromatic N) is 1. The van der Waals surface area contributed by atoms with Crippen molar-refractivity contribution in [2.24, 2.45) is 4.76 Å². The van der Waals surface area contributed by atoms with Crippen LogP contribution in [0.4, 0.5) is 0 Å². The second kappa shape index (κ2) is 7.69. The molecule has 1 N–H and O–H groups in total. The van der Waals surface area contributed by atoms with E-state index in [0.29, 0.717) is 5.57 Å². The summed E-state index contributed by atoms with van der Waals surface area (Å²) >= 11 is 0. The fourth-order valence-electron chi connectivity index (χ4n) is 0.646. The van der Waals surface area contributed by atoms with Gasteiger partial charge >= 0.3 is 0 Å². The lowest BCUT2D eigenvalue weighted by Gasteiger charge is -2.01. The van der Waals surface area contributed by atoms with Crippen LogP contribution < -0.4 is 5.32 Å². The van der Waals surface area contributed by atoms with Crippen molar-refractivity contribution < 1.29 is 4.79 Å². The molecule has 0 spiro atoms. The second-order valence-corrected chi connectivity index (χ2v) is 3.32. The molecule has 0 atom stereocenters. The lowest BCUT2D eigenvalue weighted by molar-refractivity contribution is -0.117. The molecule has 4 heteroatoms. The zero-order valence-corrected chi connectivity index (χ0v) is 8.97. The van der Waals surface area contributed by atoms with Crippen molar-refractivity contribution in [2.45, 2.75) is 20.3 Å². The third-order valence-corrected chi connectivity index (χ3v) is 1.81. The molecular formula is C9H15N2OP. The first-order chi connectivity index (χ1) is 6.22. The van der Waals surface area contributed by atoms with Crippen LogP contribution in [-0.4, -0.2) is 25.0 Å². The van der Waals surface area contributed by atoms with Gasteiger partial charge in [0.2, 0.25) is 5.91 Å². The molecular weight excluding hydrogens is 183 g/mol. The Bertz CT molecular complexity index is 234. The molecule has 3 nitrogen and oxygen atoms in total. The Morgan fingerprint density at radius 1 is 1.69 bits per heavy atom. The fraction of sp³-hybridized carbons (Fsp3) is 0.444. The number of hydrogen-bond donors (Lipinski definition) is 1. The van der Waals surface area contributed by atoms with Gasteiger partial charge in [-0.05, 0) is 31.9 Å². The van der Waals surface area contributed by atoms with E-state index in [1.807, 2.05) is 6.92 Å². The van der Waals surface area contributed by atoms with E-state index < -0.39 is 0 Å². The molecule has 0 aromatic rings. The van der Waals surface area contributed by atoms with E-state index in [2.05, 4.69) is 16.8 Å². The average Bonchev–Trinajstić information content (AvgIpc) is 2.14. The lowest BCUT2D eigenvalue weighted by Crippen LogP contribution is -2.24. The van der Waals surface area contributed by atoms with Gasteiger partial charge in [-0.1, -0.05) is 6.92 Å². The molecule has 0 aromatic carbocycles. The Kier molecular flexibility index (Phi) is 7.12. The molecule has 0 bridgehead atoms. The van der Waals surface area contributed by atoms with Crippen LogP contribution in [0.1, 0.15) is 20.3 Å². The predicted octanol–water partition coefficient (Wildman–Crippen LogP) is 1.82. The summed E-state index contributed by atoms with van der Waals surface area (Å²) in [6.07, 6.45) is 2.70. The minimum absolute atomic E-state index is 0.0163. The van der Waals surface area contributed by atoms with Crippen LogP contribution in [0.25, 0.3) is 0 Å². The summed E-state index contributed by atoms with van der Waals surface area (Å²) in [5, 5.41) is 2.78. The fourth-order valence-corrected chi connectivity index (χ4v) is 1.03. The molecule has 13 heavy (non-hydrogen) atoms. The van der Waals surface area contributed by atoms with E-state index in [1.165, 1.54) is 0 Å². The van der Waals surface area contributed by atoms with Gasteiger partial charge in [0, 0.05) is 20.5 Å². The van der Waals surface area contributed by atoms with E-state index in [0.717, 1.165) is 21.3 Å². The van der Waals surface area contributed by atoms with E-state index in [1.54, 1.807) is 18.8 Å². The first-order valence-electron chi connectivity index (χ1n) is 4.16. The van der Waals surface area contributed by atoms with Gasteiger partial charge in [0.15, 0.2) is 0 Å². The van der Waals surface area contributed by atoms with Crippen LogP contribution in [0.15, 0.2) is 16.4 Å². The Hall–Kier alpha value is -0.950. The standard InChI is InChI=1S/C9H15N2OP/c1-4-6-11-9(12)8(2)5-7-13-10-3/h5,7H,3-4,6H2,1-2H3,(H,11,12)/b8-5+. The molecule has 0 rings (SSSR count). The van der Waals surface area contributed by atoms with Gasteiger partial charge in [0.25, 0.3) is 0 Å². The van der Waals surface area contributed by atoms with Crippen molar-refractivity contribution in [3.8, 4) is 0 Å². The minimum atomic E-state index is -0.0163. The highest BCUT2D eigenvalue weighted by Crippen LogP contribution is 1.96. The SMILES string of the molecule is C=NP=C/C=C(\C)C(=O)NCCC. The summed E-state index contributed by atoms with van der Waals surface area (Å²) in [7, 11) is 0.773. The van der Waals surface area contributed by atoms with Gasteiger partial charge in [-0.3, -0.25) is 4.79 Å². The molecule has 0 saturated carbocycles. The van der Waals surface area contributed by atoms with Gasteiger partial charge < -0.3 is 5.32 Å². The van der Waals surface area contributed by atoms with Crippen molar-refractivity contribution in [3.05, 3.63) is 11.6 Å². The number of amides is 1. The van der Waals surface area contributed by atoms with Crippen molar-refractivity contribution in [1.29, 1.82) is 0 Å². The number of rotatable bonds is 5. The second-order valence-electron chi connectivity index (χ2n) is 2.51. The summed E-state index contributed by atoms with van der Waals surface area (Å²) in [4.78, 5) is 11.2. The van der Waals surface area contributed by atoms with Crippen LogP contribution in [0.5, 0.6) is 0 Å². The molecule has 0 fully saturated rings. The highest BCUT2D eigenvalue weighted by Gasteiger charge is 1.99. The van der Waals surface area contributed by atoms with Gasteiger partial charge in [0.05, 0.1) is 0 Å². The lowest BCUT2D eigenvalue weighted by atomic mass is 10.3. The Labute approximate surface area is 80.8 Å². The highest BCUT2D eigenvalue weighted by atomic mass is 31.1. The van der Waals surface area contributed by atoms with Gasteiger partial charge in [-0.25, -0.2) is 4.76 Å². The van der Waals surface area contributed by atoms with Gasteiger partial charge in [-0.15, -0.1) is 0 Å². The number of carbonyl (C=O) groups excluding carboxylic acids is 1. The largest absolute Gasteiger partial charge is 0.352 e. The molecule has 1 amide bonds. The summed E-state index contributed by atoms with van der Waals surface area (Å²) in [6, 6.07) is 0. The summed E-state index contributed by atoms with van der Waals surface area (Å²) in [5.41, 5.74) is 0.699. The summed E-state index contributed by atoms with van der Waals surface area (Å²) < 4.78 is 3.62. The van der Waals surface area contributed by atoms with Gasteiger partial charge in [0.1, 0.15) is 0 Å². The molecule has 0 unspecified atom stereocenters. The zero-order valence-electron chi connectivity index (χ0n) is 8.08. The van der Waals surface area contributed by atoms with Crippen molar-refractivity contribution >= 4 is 26.8 Å². The number of nitrogens with one attached hydrogen (secondary N) is 1. The molecule has 0 aliphatic carbocycles. The number of hydrogen-bond acceptors (Lipinski definition) is 2. The first kappa shape index (κ1) is 12.0. The average molecular weight is 198 g/mol. The topological polar surface area (TPSA) is 41.5 Å². The first-order valence-corrected chi connectivity index (χ1v) is 5.08. The van der Waals surface area contributed by atoms with Crippen molar-refractivity contribution in [3.63, 3.8) is 0 Å². The van der Waals surface area contributed by atoms with Crippen molar-refractivity contribution in [1.82, 2.24) is 5.32 Å². The molecule has 0 aliphatic heterocycles. The molecule has 0 radical (unpaired) electrons. The normalized spacial score (nSPS) is 11.7. The van der Waals surface area contributed by atoms with E-state index in [4.69, 9.17) is 0 Å².